The minimum Gasteiger partial charge on any atom is -0.490 e. The summed E-state index contributed by atoms with van der Waals surface area (Å²) in [6.07, 6.45) is 5.03. The largest absolute Gasteiger partial charge is 0.490 e. The van der Waals surface area contributed by atoms with E-state index in [1.807, 2.05) is 7.05 Å². The van der Waals surface area contributed by atoms with Gasteiger partial charge in [-0.1, -0.05) is 42.5 Å². The average molecular weight is 281 g/mol. The van der Waals surface area contributed by atoms with Crippen LogP contribution >= 0.6 is 0 Å². The summed E-state index contributed by atoms with van der Waals surface area (Å²) in [5.41, 5.74) is 2.70. The Morgan fingerprint density at radius 3 is 2.62 bits per heavy atom. The van der Waals surface area contributed by atoms with Gasteiger partial charge in [-0.3, -0.25) is 0 Å². The van der Waals surface area contributed by atoms with E-state index in [2.05, 4.69) is 59.9 Å². The second-order valence-electron chi connectivity index (χ2n) is 5.76. The van der Waals surface area contributed by atoms with Crippen LogP contribution in [0.2, 0.25) is 0 Å². The maximum Gasteiger partial charge on any atom is 0.119 e. The monoisotopic (exact) mass is 281 g/mol. The van der Waals surface area contributed by atoms with Crippen molar-refractivity contribution >= 4 is 0 Å². The van der Waals surface area contributed by atoms with E-state index < -0.39 is 0 Å². The zero-order valence-electron chi connectivity index (χ0n) is 12.6. The molecule has 1 saturated carbocycles. The molecule has 0 radical (unpaired) electrons. The molecule has 1 aliphatic rings. The van der Waals surface area contributed by atoms with Gasteiger partial charge >= 0.3 is 0 Å². The predicted molar refractivity (Wildman–Crippen MR) is 86.7 cm³/mol. The minimum absolute atomic E-state index is 0.402. The summed E-state index contributed by atoms with van der Waals surface area (Å²) < 4.78 is 5.87. The molecule has 0 amide bonds. The Hall–Kier alpha value is -1.80. The van der Waals surface area contributed by atoms with Gasteiger partial charge in [0.25, 0.3) is 0 Å². The fraction of sp³-hybridized carbons (Fsp3) is 0.368. The molecule has 2 aromatic rings. The van der Waals surface area contributed by atoms with Crippen LogP contribution in [0.25, 0.3) is 0 Å². The first-order valence-electron chi connectivity index (χ1n) is 7.83. The second kappa shape index (κ2) is 6.77. The SMILES string of the molecule is CNC(CCc1cccc(OC2CC2)c1)c1ccccc1. The van der Waals surface area contributed by atoms with Crippen molar-refractivity contribution in [1.29, 1.82) is 0 Å². The Kier molecular flexibility index (Phi) is 4.56. The van der Waals surface area contributed by atoms with Crippen molar-refractivity contribution in [2.45, 2.75) is 37.8 Å². The third-order valence-electron chi connectivity index (χ3n) is 4.00. The summed E-state index contributed by atoms with van der Waals surface area (Å²) in [4.78, 5) is 0. The van der Waals surface area contributed by atoms with Crippen molar-refractivity contribution in [1.82, 2.24) is 5.32 Å². The molecule has 1 aliphatic carbocycles. The van der Waals surface area contributed by atoms with E-state index in [9.17, 15) is 0 Å². The van der Waals surface area contributed by atoms with Crippen LogP contribution in [0.4, 0.5) is 0 Å². The standard InChI is InChI=1S/C19H23NO/c1-20-19(16-7-3-2-4-8-16)13-10-15-6-5-9-18(14-15)21-17-11-12-17/h2-9,14,17,19-20H,10-13H2,1H3. The Bertz CT molecular complexity index is 563. The van der Waals surface area contributed by atoms with E-state index >= 15 is 0 Å². The van der Waals surface area contributed by atoms with Gasteiger partial charge in [-0.25, -0.2) is 0 Å². The molecule has 0 heterocycles. The van der Waals surface area contributed by atoms with Gasteiger partial charge in [0.1, 0.15) is 5.75 Å². The molecule has 2 aromatic carbocycles. The maximum absolute atomic E-state index is 5.87. The van der Waals surface area contributed by atoms with Gasteiger partial charge in [0.15, 0.2) is 0 Å². The van der Waals surface area contributed by atoms with Crippen LogP contribution in [0.5, 0.6) is 5.75 Å². The zero-order chi connectivity index (χ0) is 14.5. The van der Waals surface area contributed by atoms with Crippen LogP contribution in [-0.2, 0) is 6.42 Å². The summed E-state index contributed by atoms with van der Waals surface area (Å²) in [7, 11) is 2.03. The summed E-state index contributed by atoms with van der Waals surface area (Å²) in [6, 6.07) is 19.6. The first kappa shape index (κ1) is 14.2. The zero-order valence-corrected chi connectivity index (χ0v) is 12.6. The van der Waals surface area contributed by atoms with E-state index in [1.54, 1.807) is 0 Å². The van der Waals surface area contributed by atoms with Crippen molar-refractivity contribution in [3.63, 3.8) is 0 Å². The van der Waals surface area contributed by atoms with E-state index in [0.717, 1.165) is 18.6 Å². The van der Waals surface area contributed by atoms with E-state index in [4.69, 9.17) is 4.74 Å². The van der Waals surface area contributed by atoms with Crippen molar-refractivity contribution in [3.05, 3.63) is 65.7 Å². The van der Waals surface area contributed by atoms with Gasteiger partial charge in [-0.05, 0) is 56.0 Å². The quantitative estimate of drug-likeness (QED) is 0.824. The van der Waals surface area contributed by atoms with E-state index in [0.29, 0.717) is 12.1 Å². The molecule has 0 spiro atoms. The van der Waals surface area contributed by atoms with Crippen LogP contribution in [0, 0.1) is 0 Å². The minimum atomic E-state index is 0.402. The molecule has 1 fully saturated rings. The molecule has 110 valence electrons. The van der Waals surface area contributed by atoms with E-state index in [-0.39, 0.29) is 0 Å². The third-order valence-corrected chi connectivity index (χ3v) is 4.00. The van der Waals surface area contributed by atoms with Crippen LogP contribution in [0.3, 0.4) is 0 Å². The molecule has 3 rings (SSSR count). The molecular weight excluding hydrogens is 258 g/mol. The first-order chi connectivity index (χ1) is 10.3. The Morgan fingerprint density at radius 1 is 1.10 bits per heavy atom. The van der Waals surface area contributed by atoms with Crippen LogP contribution < -0.4 is 10.1 Å². The normalized spacial score (nSPS) is 15.7. The highest BCUT2D eigenvalue weighted by Crippen LogP contribution is 2.27. The fourth-order valence-electron chi connectivity index (χ4n) is 2.63. The second-order valence-corrected chi connectivity index (χ2v) is 5.76. The van der Waals surface area contributed by atoms with Gasteiger partial charge in [0.2, 0.25) is 0 Å². The highest BCUT2D eigenvalue weighted by atomic mass is 16.5. The molecule has 1 atom stereocenters. The van der Waals surface area contributed by atoms with Crippen LogP contribution in [0.15, 0.2) is 54.6 Å². The third kappa shape index (κ3) is 4.08. The smallest absolute Gasteiger partial charge is 0.119 e. The number of hydrogen-bond donors (Lipinski definition) is 1. The van der Waals surface area contributed by atoms with Crippen molar-refractivity contribution < 1.29 is 4.74 Å². The van der Waals surface area contributed by atoms with Crippen molar-refractivity contribution in [2.75, 3.05) is 7.05 Å². The maximum atomic E-state index is 5.87. The highest BCUT2D eigenvalue weighted by molar-refractivity contribution is 5.29. The Balaban J connectivity index is 1.60. The lowest BCUT2D eigenvalue weighted by Crippen LogP contribution is -2.17. The lowest BCUT2D eigenvalue weighted by atomic mass is 9.99. The molecule has 21 heavy (non-hydrogen) atoms. The highest BCUT2D eigenvalue weighted by Gasteiger charge is 2.23. The number of nitrogens with one attached hydrogen (secondary N) is 1. The lowest BCUT2D eigenvalue weighted by molar-refractivity contribution is 0.303. The van der Waals surface area contributed by atoms with Gasteiger partial charge < -0.3 is 10.1 Å². The number of ether oxygens (including phenoxy) is 1. The first-order valence-corrected chi connectivity index (χ1v) is 7.83. The van der Waals surface area contributed by atoms with E-state index in [1.165, 1.54) is 24.0 Å². The molecule has 2 nitrogen and oxygen atoms in total. The molecule has 1 unspecified atom stereocenters. The summed E-state index contributed by atoms with van der Waals surface area (Å²) in [5.74, 6) is 1.02. The molecule has 0 saturated heterocycles. The number of hydrogen-bond acceptors (Lipinski definition) is 2. The molecule has 1 N–H and O–H groups in total. The average Bonchev–Trinajstić information content (AvgIpc) is 3.33. The predicted octanol–water partition coefficient (Wildman–Crippen LogP) is 4.12. The number of aryl methyl sites for hydroxylation is 1. The molecular formula is C19H23NO. The fourth-order valence-corrected chi connectivity index (χ4v) is 2.63. The van der Waals surface area contributed by atoms with Crippen molar-refractivity contribution in [2.24, 2.45) is 0 Å². The topological polar surface area (TPSA) is 21.3 Å². The van der Waals surface area contributed by atoms with Crippen LogP contribution in [0.1, 0.15) is 36.4 Å². The van der Waals surface area contributed by atoms with Crippen molar-refractivity contribution in [3.8, 4) is 5.75 Å². The Labute approximate surface area is 127 Å². The molecule has 0 aromatic heterocycles. The summed E-state index contributed by atoms with van der Waals surface area (Å²) >= 11 is 0. The number of benzene rings is 2. The molecule has 2 heteroatoms. The van der Waals surface area contributed by atoms with Gasteiger partial charge in [-0.15, -0.1) is 0 Å². The lowest BCUT2D eigenvalue weighted by Gasteiger charge is -2.17. The molecule has 0 aliphatic heterocycles. The summed E-state index contributed by atoms with van der Waals surface area (Å²) in [6.45, 7) is 0. The van der Waals surface area contributed by atoms with Gasteiger partial charge in [-0.2, -0.15) is 0 Å². The van der Waals surface area contributed by atoms with Crippen LogP contribution in [-0.4, -0.2) is 13.2 Å². The summed E-state index contributed by atoms with van der Waals surface area (Å²) in [5, 5.41) is 3.41. The van der Waals surface area contributed by atoms with Gasteiger partial charge in [0.05, 0.1) is 6.10 Å². The number of rotatable bonds is 7. The molecule has 0 bridgehead atoms. The van der Waals surface area contributed by atoms with Gasteiger partial charge in [0, 0.05) is 6.04 Å². The Morgan fingerprint density at radius 2 is 1.90 bits per heavy atom.